The van der Waals surface area contributed by atoms with Crippen molar-refractivity contribution in [2.24, 2.45) is 5.92 Å². The summed E-state index contributed by atoms with van der Waals surface area (Å²) in [7, 11) is 0. The Morgan fingerprint density at radius 1 is 0.926 bits per heavy atom. The Hall–Kier alpha value is -2.03. The molecule has 4 rings (SSSR count). The summed E-state index contributed by atoms with van der Waals surface area (Å²) in [6, 6.07) is 12.7. The molecule has 0 spiro atoms. The van der Waals surface area contributed by atoms with Crippen LogP contribution in [0, 0.1) is 11.7 Å². The molecule has 2 unspecified atom stereocenters. The normalized spacial score (nSPS) is 27.8. The van der Waals surface area contributed by atoms with Crippen molar-refractivity contribution in [2.75, 3.05) is 0 Å². The lowest BCUT2D eigenvalue weighted by Crippen LogP contribution is -2.33. The number of allylic oxidation sites excluding steroid dienone is 2. The average molecular weight is 370 g/mol. The van der Waals surface area contributed by atoms with Crippen molar-refractivity contribution < 1.29 is 13.2 Å². The summed E-state index contributed by atoms with van der Waals surface area (Å²) < 4.78 is 42.5. The molecule has 1 fully saturated rings. The molecule has 27 heavy (non-hydrogen) atoms. The zero-order valence-corrected chi connectivity index (χ0v) is 15.6. The quantitative estimate of drug-likeness (QED) is 0.572. The molecule has 2 aromatic carbocycles. The number of alkyl halides is 2. The molecule has 0 bridgehead atoms. The molecule has 142 valence electrons. The van der Waals surface area contributed by atoms with E-state index < -0.39 is 18.3 Å². The predicted octanol–water partition coefficient (Wildman–Crippen LogP) is 6.59. The van der Waals surface area contributed by atoms with E-state index >= 15 is 0 Å². The van der Waals surface area contributed by atoms with Crippen LogP contribution in [0.4, 0.5) is 13.2 Å². The average Bonchev–Trinajstić information content (AvgIpc) is 2.67. The highest BCUT2D eigenvalue weighted by molar-refractivity contribution is 5.70. The second-order valence-electron chi connectivity index (χ2n) is 7.95. The van der Waals surface area contributed by atoms with Gasteiger partial charge >= 0.3 is 0 Å². The molecule has 0 nitrogen and oxygen atoms in total. The molecular formula is C24H25F3. The fourth-order valence-corrected chi connectivity index (χ4v) is 4.61. The summed E-state index contributed by atoms with van der Waals surface area (Å²) in [4.78, 5) is 0. The van der Waals surface area contributed by atoms with Gasteiger partial charge in [-0.25, -0.2) is 13.2 Å². The Morgan fingerprint density at radius 2 is 1.63 bits per heavy atom. The number of rotatable bonds is 3. The van der Waals surface area contributed by atoms with Gasteiger partial charge in [0.05, 0.1) is 0 Å². The highest BCUT2D eigenvalue weighted by Gasteiger charge is 2.38. The summed E-state index contributed by atoms with van der Waals surface area (Å²) in [5, 5.41) is 0. The summed E-state index contributed by atoms with van der Waals surface area (Å²) in [5.74, 6) is -0.692. The van der Waals surface area contributed by atoms with Crippen LogP contribution in [0.15, 0.2) is 48.5 Å². The molecule has 0 N–H and O–H groups in total. The summed E-state index contributed by atoms with van der Waals surface area (Å²) in [6.07, 6.45) is 3.13. The topological polar surface area (TPSA) is 0 Å². The number of benzene rings is 2. The molecule has 2 aliphatic carbocycles. The maximum Gasteiger partial charge on any atom is 0.123 e. The van der Waals surface area contributed by atoms with Crippen LogP contribution in [-0.4, -0.2) is 12.3 Å². The lowest BCUT2D eigenvalue weighted by atomic mass is 9.75. The van der Waals surface area contributed by atoms with Crippen LogP contribution in [0.2, 0.25) is 0 Å². The first-order valence-electron chi connectivity index (χ1n) is 9.90. The zero-order valence-electron chi connectivity index (χ0n) is 15.6. The minimum Gasteiger partial charge on any atom is -0.247 e. The number of halogens is 3. The number of hydrogen-bond acceptors (Lipinski definition) is 0. The summed E-state index contributed by atoms with van der Waals surface area (Å²) in [5.41, 5.74) is 5.19. The van der Waals surface area contributed by atoms with Gasteiger partial charge in [-0.1, -0.05) is 49.8 Å². The van der Waals surface area contributed by atoms with E-state index in [9.17, 15) is 13.2 Å². The third-order valence-electron chi connectivity index (χ3n) is 6.26. The van der Waals surface area contributed by atoms with Crippen LogP contribution in [0.1, 0.15) is 54.4 Å². The molecule has 0 radical (unpaired) electrons. The molecule has 2 aliphatic rings. The van der Waals surface area contributed by atoms with Crippen molar-refractivity contribution in [3.63, 3.8) is 0 Å². The molecule has 3 heteroatoms. The fraction of sp³-hybridized carbons (Fsp3) is 0.417. The van der Waals surface area contributed by atoms with E-state index in [0.29, 0.717) is 19.3 Å². The standard InChI is InChI=1S/C24H25F3/c1-2-15-11-22(26)24(23(27)12-15)17-5-3-16(4-6-17)18-7-8-20-14-21(25)10-9-19(20)13-18/h3-7,9-10,14-15,22-24H,2,8,11-13H2,1H3. The Bertz CT molecular complexity index is 825. The van der Waals surface area contributed by atoms with Gasteiger partial charge in [0.25, 0.3) is 0 Å². The predicted molar refractivity (Wildman–Crippen MR) is 104 cm³/mol. The van der Waals surface area contributed by atoms with E-state index in [1.54, 1.807) is 6.07 Å². The van der Waals surface area contributed by atoms with E-state index in [1.807, 2.05) is 37.3 Å². The van der Waals surface area contributed by atoms with Crippen LogP contribution in [-0.2, 0) is 12.8 Å². The summed E-state index contributed by atoms with van der Waals surface area (Å²) in [6.45, 7) is 2.00. The smallest absolute Gasteiger partial charge is 0.123 e. The SMILES string of the molecule is CCC1CC(F)C(c2ccc(C3=CCc4cc(F)ccc4C3)cc2)C(F)C1. The Morgan fingerprint density at radius 3 is 2.30 bits per heavy atom. The molecule has 2 atom stereocenters. The van der Waals surface area contributed by atoms with E-state index in [4.69, 9.17) is 0 Å². The minimum atomic E-state index is -1.11. The number of hydrogen-bond donors (Lipinski definition) is 0. The first kappa shape index (κ1) is 18.3. The second kappa shape index (κ2) is 7.53. The largest absolute Gasteiger partial charge is 0.247 e. The highest BCUT2D eigenvalue weighted by Crippen LogP contribution is 2.41. The van der Waals surface area contributed by atoms with E-state index in [1.165, 1.54) is 11.6 Å². The van der Waals surface area contributed by atoms with Crippen molar-refractivity contribution in [1.29, 1.82) is 0 Å². The van der Waals surface area contributed by atoms with Gasteiger partial charge in [0, 0.05) is 5.92 Å². The van der Waals surface area contributed by atoms with Gasteiger partial charge in [-0.15, -0.1) is 0 Å². The Labute approximate surface area is 159 Å². The van der Waals surface area contributed by atoms with Gasteiger partial charge in [-0.2, -0.15) is 0 Å². The molecule has 0 saturated heterocycles. The van der Waals surface area contributed by atoms with Gasteiger partial charge in [0.2, 0.25) is 0 Å². The molecule has 2 aromatic rings. The van der Waals surface area contributed by atoms with Gasteiger partial charge < -0.3 is 0 Å². The molecule has 1 saturated carbocycles. The van der Waals surface area contributed by atoms with Crippen LogP contribution < -0.4 is 0 Å². The summed E-state index contributed by atoms with van der Waals surface area (Å²) >= 11 is 0. The van der Waals surface area contributed by atoms with Crippen LogP contribution in [0.5, 0.6) is 0 Å². The first-order valence-corrected chi connectivity index (χ1v) is 9.90. The number of fused-ring (bicyclic) bond motifs is 1. The van der Waals surface area contributed by atoms with Crippen molar-refractivity contribution in [2.45, 2.75) is 57.3 Å². The lowest BCUT2D eigenvalue weighted by molar-refractivity contribution is 0.0851. The van der Waals surface area contributed by atoms with E-state index in [2.05, 4.69) is 6.08 Å². The third-order valence-corrected chi connectivity index (χ3v) is 6.26. The first-order chi connectivity index (χ1) is 13.0. The van der Waals surface area contributed by atoms with Crippen LogP contribution in [0.3, 0.4) is 0 Å². The molecule has 0 aliphatic heterocycles. The minimum absolute atomic E-state index is 0.155. The van der Waals surface area contributed by atoms with Gasteiger partial charge in [-0.3, -0.25) is 0 Å². The molecular weight excluding hydrogens is 345 g/mol. The Balaban J connectivity index is 1.51. The van der Waals surface area contributed by atoms with Crippen LogP contribution in [0.25, 0.3) is 5.57 Å². The van der Waals surface area contributed by atoms with Crippen molar-refractivity contribution in [3.8, 4) is 0 Å². The lowest BCUT2D eigenvalue weighted by Gasteiger charge is -2.34. The fourth-order valence-electron chi connectivity index (χ4n) is 4.61. The maximum atomic E-state index is 14.6. The molecule has 0 amide bonds. The van der Waals surface area contributed by atoms with Gasteiger partial charge in [-0.05, 0) is 71.6 Å². The van der Waals surface area contributed by atoms with Gasteiger partial charge in [0.1, 0.15) is 18.2 Å². The highest BCUT2D eigenvalue weighted by atomic mass is 19.1. The molecule has 0 heterocycles. The Kier molecular flexibility index (Phi) is 5.12. The van der Waals surface area contributed by atoms with Gasteiger partial charge in [0.15, 0.2) is 0 Å². The maximum absolute atomic E-state index is 14.6. The molecule has 0 aromatic heterocycles. The van der Waals surface area contributed by atoms with Crippen molar-refractivity contribution in [1.82, 2.24) is 0 Å². The second-order valence-corrected chi connectivity index (χ2v) is 7.95. The van der Waals surface area contributed by atoms with Crippen molar-refractivity contribution >= 4 is 5.57 Å². The van der Waals surface area contributed by atoms with E-state index in [0.717, 1.165) is 35.1 Å². The third kappa shape index (κ3) is 3.69. The van der Waals surface area contributed by atoms with E-state index in [-0.39, 0.29) is 11.7 Å². The van der Waals surface area contributed by atoms with Crippen LogP contribution >= 0.6 is 0 Å². The zero-order chi connectivity index (χ0) is 19.0. The monoisotopic (exact) mass is 370 g/mol. The van der Waals surface area contributed by atoms with Crippen molar-refractivity contribution in [3.05, 3.63) is 76.6 Å².